The molecule has 0 spiro atoms. The van der Waals surface area contributed by atoms with Gasteiger partial charge in [-0.15, -0.1) is 0 Å². The van der Waals surface area contributed by atoms with Crippen molar-refractivity contribution in [3.63, 3.8) is 0 Å². The largest absolute Gasteiger partial charge is 0.315 e. The molecule has 0 aliphatic carbocycles. The van der Waals surface area contributed by atoms with Crippen molar-refractivity contribution in [1.82, 2.24) is 10.0 Å². The first-order chi connectivity index (χ1) is 9.18. The van der Waals surface area contributed by atoms with Crippen LogP contribution in [0.4, 0.5) is 0 Å². The van der Waals surface area contributed by atoms with Crippen LogP contribution < -0.4 is 10.0 Å². The molecule has 0 amide bonds. The minimum atomic E-state index is -3.15. The van der Waals surface area contributed by atoms with Gasteiger partial charge in [-0.05, 0) is 37.8 Å². The lowest BCUT2D eigenvalue weighted by Crippen LogP contribution is -2.44. The Morgan fingerprint density at radius 3 is 2.74 bits per heavy atom. The number of aryl methyl sites for hydroxylation is 1. The molecule has 1 saturated heterocycles. The standard InChI is InChI=1S/C14H22N2O2S/c17-19(18,14-9-5-10-15-12-14)16-11-4-8-13-6-2-1-3-7-13/h1-3,6-7,14-16H,4-5,8-12H2. The van der Waals surface area contributed by atoms with Gasteiger partial charge in [0, 0.05) is 13.1 Å². The summed E-state index contributed by atoms with van der Waals surface area (Å²) in [6.07, 6.45) is 3.45. The van der Waals surface area contributed by atoms with E-state index in [0.717, 1.165) is 32.2 Å². The lowest BCUT2D eigenvalue weighted by atomic mass is 10.1. The SMILES string of the molecule is O=S(=O)(NCCCc1ccccc1)C1CCCNC1. The van der Waals surface area contributed by atoms with Crippen LogP contribution in [0.25, 0.3) is 0 Å². The lowest BCUT2D eigenvalue weighted by Gasteiger charge is -2.23. The number of nitrogens with one attached hydrogen (secondary N) is 2. The van der Waals surface area contributed by atoms with E-state index in [0.29, 0.717) is 13.1 Å². The second kappa shape index (κ2) is 7.03. The van der Waals surface area contributed by atoms with Crippen LogP contribution in [0.1, 0.15) is 24.8 Å². The van der Waals surface area contributed by atoms with Crippen molar-refractivity contribution >= 4 is 10.0 Å². The quantitative estimate of drug-likeness (QED) is 0.773. The van der Waals surface area contributed by atoms with Crippen molar-refractivity contribution in [2.75, 3.05) is 19.6 Å². The van der Waals surface area contributed by atoms with Gasteiger partial charge in [-0.2, -0.15) is 0 Å². The van der Waals surface area contributed by atoms with E-state index in [9.17, 15) is 8.42 Å². The Bertz CT molecular complexity index is 467. The van der Waals surface area contributed by atoms with Crippen LogP contribution in [0.3, 0.4) is 0 Å². The zero-order chi connectivity index (χ0) is 13.6. The highest BCUT2D eigenvalue weighted by molar-refractivity contribution is 7.90. The molecule has 1 aromatic carbocycles. The smallest absolute Gasteiger partial charge is 0.215 e. The summed E-state index contributed by atoms with van der Waals surface area (Å²) in [7, 11) is -3.15. The molecule has 1 unspecified atom stereocenters. The number of hydrogen-bond acceptors (Lipinski definition) is 3. The highest BCUT2D eigenvalue weighted by Gasteiger charge is 2.26. The number of rotatable bonds is 6. The van der Waals surface area contributed by atoms with Gasteiger partial charge >= 0.3 is 0 Å². The van der Waals surface area contributed by atoms with E-state index in [4.69, 9.17) is 0 Å². The molecule has 2 rings (SSSR count). The maximum atomic E-state index is 12.0. The van der Waals surface area contributed by atoms with E-state index in [1.165, 1.54) is 5.56 Å². The topological polar surface area (TPSA) is 58.2 Å². The zero-order valence-corrected chi connectivity index (χ0v) is 12.0. The van der Waals surface area contributed by atoms with Gasteiger partial charge in [-0.1, -0.05) is 30.3 Å². The van der Waals surface area contributed by atoms with Crippen molar-refractivity contribution in [2.24, 2.45) is 0 Å². The molecule has 106 valence electrons. The first-order valence-corrected chi connectivity index (χ1v) is 8.46. The monoisotopic (exact) mass is 282 g/mol. The molecule has 1 aromatic rings. The molecule has 4 nitrogen and oxygen atoms in total. The highest BCUT2D eigenvalue weighted by Crippen LogP contribution is 2.10. The molecule has 1 aliphatic heterocycles. The van der Waals surface area contributed by atoms with Gasteiger partial charge in [-0.3, -0.25) is 0 Å². The maximum absolute atomic E-state index is 12.0. The van der Waals surface area contributed by atoms with Crippen molar-refractivity contribution in [3.8, 4) is 0 Å². The third kappa shape index (κ3) is 4.60. The average Bonchev–Trinajstić information content (AvgIpc) is 2.46. The number of sulfonamides is 1. The number of benzene rings is 1. The molecule has 0 radical (unpaired) electrons. The van der Waals surface area contributed by atoms with Crippen LogP contribution in [-0.2, 0) is 16.4 Å². The van der Waals surface area contributed by atoms with Gasteiger partial charge in [0.2, 0.25) is 10.0 Å². The van der Waals surface area contributed by atoms with E-state index in [-0.39, 0.29) is 5.25 Å². The molecule has 5 heteroatoms. The fourth-order valence-electron chi connectivity index (χ4n) is 2.35. The molecule has 2 N–H and O–H groups in total. The molecular formula is C14H22N2O2S. The van der Waals surface area contributed by atoms with Crippen molar-refractivity contribution in [3.05, 3.63) is 35.9 Å². The van der Waals surface area contributed by atoms with Gasteiger partial charge in [0.05, 0.1) is 5.25 Å². The predicted molar refractivity (Wildman–Crippen MR) is 77.6 cm³/mol. The van der Waals surface area contributed by atoms with Crippen LogP contribution in [0.2, 0.25) is 0 Å². The van der Waals surface area contributed by atoms with Crippen molar-refractivity contribution < 1.29 is 8.42 Å². The minimum absolute atomic E-state index is 0.266. The fraction of sp³-hybridized carbons (Fsp3) is 0.571. The summed E-state index contributed by atoms with van der Waals surface area (Å²) in [6.45, 7) is 2.03. The highest BCUT2D eigenvalue weighted by atomic mass is 32.2. The molecule has 0 saturated carbocycles. The first kappa shape index (κ1) is 14.5. The third-order valence-electron chi connectivity index (χ3n) is 3.48. The first-order valence-electron chi connectivity index (χ1n) is 6.91. The van der Waals surface area contributed by atoms with Gasteiger partial charge in [0.25, 0.3) is 0 Å². The molecule has 0 aromatic heterocycles. The summed E-state index contributed by atoms with van der Waals surface area (Å²) in [5.41, 5.74) is 1.25. The van der Waals surface area contributed by atoms with Crippen LogP contribution in [0, 0.1) is 0 Å². The Kier molecular flexibility index (Phi) is 5.36. The Labute approximate surface area is 115 Å². The van der Waals surface area contributed by atoms with Crippen LogP contribution in [0.5, 0.6) is 0 Å². The van der Waals surface area contributed by atoms with Gasteiger partial charge in [-0.25, -0.2) is 13.1 Å². The van der Waals surface area contributed by atoms with Crippen molar-refractivity contribution in [2.45, 2.75) is 30.9 Å². The Morgan fingerprint density at radius 2 is 2.05 bits per heavy atom. The molecule has 0 bridgehead atoms. The molecule has 1 aliphatic rings. The number of piperidine rings is 1. The Balaban J connectivity index is 1.72. The summed E-state index contributed by atoms with van der Waals surface area (Å²) in [4.78, 5) is 0. The van der Waals surface area contributed by atoms with E-state index in [1.807, 2.05) is 18.2 Å². The maximum Gasteiger partial charge on any atom is 0.215 e. The Hall–Kier alpha value is -0.910. The van der Waals surface area contributed by atoms with E-state index >= 15 is 0 Å². The summed E-state index contributed by atoms with van der Waals surface area (Å²) in [5, 5.41) is 2.87. The van der Waals surface area contributed by atoms with Crippen LogP contribution in [-0.4, -0.2) is 33.3 Å². The molecule has 1 atom stereocenters. The van der Waals surface area contributed by atoms with Gasteiger partial charge in [0.15, 0.2) is 0 Å². The second-order valence-corrected chi connectivity index (χ2v) is 7.04. The third-order valence-corrected chi connectivity index (χ3v) is 5.37. The molecular weight excluding hydrogens is 260 g/mol. The van der Waals surface area contributed by atoms with E-state index < -0.39 is 10.0 Å². The minimum Gasteiger partial charge on any atom is -0.315 e. The summed E-state index contributed by atoms with van der Waals surface area (Å²) < 4.78 is 26.8. The van der Waals surface area contributed by atoms with E-state index in [2.05, 4.69) is 22.2 Å². The average molecular weight is 282 g/mol. The second-order valence-electron chi connectivity index (χ2n) is 5.00. The zero-order valence-electron chi connectivity index (χ0n) is 11.1. The summed E-state index contributed by atoms with van der Waals surface area (Å²) in [5.74, 6) is 0. The number of hydrogen-bond donors (Lipinski definition) is 2. The summed E-state index contributed by atoms with van der Waals surface area (Å²) in [6, 6.07) is 10.1. The fourth-order valence-corrected chi connectivity index (χ4v) is 3.83. The molecule has 19 heavy (non-hydrogen) atoms. The van der Waals surface area contributed by atoms with Gasteiger partial charge in [0.1, 0.15) is 0 Å². The predicted octanol–water partition coefficient (Wildman–Crippen LogP) is 1.29. The van der Waals surface area contributed by atoms with Crippen LogP contribution in [0.15, 0.2) is 30.3 Å². The lowest BCUT2D eigenvalue weighted by molar-refractivity contribution is 0.489. The van der Waals surface area contributed by atoms with Gasteiger partial charge < -0.3 is 5.32 Å². The van der Waals surface area contributed by atoms with Crippen molar-refractivity contribution in [1.29, 1.82) is 0 Å². The van der Waals surface area contributed by atoms with Crippen LogP contribution >= 0.6 is 0 Å². The molecule has 1 fully saturated rings. The Morgan fingerprint density at radius 1 is 1.26 bits per heavy atom. The molecule has 1 heterocycles. The summed E-state index contributed by atoms with van der Waals surface area (Å²) >= 11 is 0. The van der Waals surface area contributed by atoms with E-state index in [1.54, 1.807) is 0 Å². The normalized spacial score (nSPS) is 20.3.